The minimum Gasteiger partial charge on any atom is -0.481 e. The van der Waals surface area contributed by atoms with Gasteiger partial charge >= 0.3 is 12.0 Å². The molecule has 5 rings (SSSR count). The van der Waals surface area contributed by atoms with Crippen molar-refractivity contribution in [2.24, 2.45) is 0 Å². The third kappa shape index (κ3) is 10.9. The van der Waals surface area contributed by atoms with Gasteiger partial charge in [-0.15, -0.1) is 0 Å². The van der Waals surface area contributed by atoms with Crippen LogP contribution in [0.3, 0.4) is 0 Å². The predicted octanol–water partition coefficient (Wildman–Crippen LogP) is 3.62. The van der Waals surface area contributed by atoms with Crippen molar-refractivity contribution >= 4 is 29.7 Å². The van der Waals surface area contributed by atoms with E-state index < -0.39 is 60.6 Å². The van der Waals surface area contributed by atoms with Crippen LogP contribution in [0.4, 0.5) is 9.18 Å². The van der Waals surface area contributed by atoms with Crippen molar-refractivity contribution in [2.75, 3.05) is 6.54 Å². The molecule has 0 unspecified atom stereocenters. The molecule has 0 aliphatic carbocycles. The Morgan fingerprint density at radius 1 is 0.808 bits per heavy atom. The molecule has 4 aromatic rings. The van der Waals surface area contributed by atoms with Crippen LogP contribution in [0.15, 0.2) is 116 Å². The molecule has 1 aliphatic heterocycles. The molecule has 3 aromatic carbocycles. The first kappa shape index (κ1) is 37.2. The second-order valence-corrected chi connectivity index (χ2v) is 12.7. The first-order chi connectivity index (χ1) is 25.1. The molecule has 0 saturated carbocycles. The monoisotopic (exact) mass is 708 g/mol. The Morgan fingerprint density at radius 2 is 1.42 bits per heavy atom. The standard InChI is InChI=1S/C39H41FN6O6/c40-31-22-34(45(26-31)39(52)46(25-29-15-8-3-9-16-29)44-35(47)21-28-13-6-2-7-14-28)38(51)43-33(20-30-17-10-18-41-24-30)37(50)42-32(23-36(48)49)19-27-11-4-1-5-12-27/h1-18,24,31-34H,19-23,25-26H2,(H,42,50)(H,43,51)(H,44,47)(H,48,49)/t31-,32+,33+,34+/m1/s1. The van der Waals surface area contributed by atoms with Gasteiger partial charge in [-0.25, -0.2) is 14.2 Å². The summed E-state index contributed by atoms with van der Waals surface area (Å²) >= 11 is 0. The van der Waals surface area contributed by atoms with Crippen LogP contribution >= 0.6 is 0 Å². The number of hydrogen-bond donors (Lipinski definition) is 4. The van der Waals surface area contributed by atoms with Crippen molar-refractivity contribution in [3.8, 4) is 0 Å². The fourth-order valence-corrected chi connectivity index (χ4v) is 6.11. The molecule has 270 valence electrons. The fraction of sp³-hybridized carbons (Fsp3) is 0.282. The van der Waals surface area contributed by atoms with Crippen LogP contribution < -0.4 is 16.1 Å². The quantitative estimate of drug-likeness (QED) is 0.146. The molecule has 52 heavy (non-hydrogen) atoms. The molecule has 1 aliphatic rings. The van der Waals surface area contributed by atoms with Crippen LogP contribution in [0.2, 0.25) is 0 Å². The van der Waals surface area contributed by atoms with Crippen LogP contribution in [0, 0.1) is 0 Å². The van der Waals surface area contributed by atoms with Gasteiger partial charge in [-0.3, -0.25) is 29.6 Å². The molecule has 5 amide bonds. The summed E-state index contributed by atoms with van der Waals surface area (Å²) in [6.45, 7) is -0.464. The number of carbonyl (C=O) groups excluding carboxylic acids is 4. The SMILES string of the molecule is O=C(O)C[C@H](Cc1ccccc1)NC(=O)[C@H](Cc1cccnc1)NC(=O)[C@@H]1C[C@@H](F)CN1C(=O)N(Cc1ccccc1)NC(=O)Cc1ccccc1. The van der Waals surface area contributed by atoms with Gasteiger partial charge in [-0.05, 0) is 34.7 Å². The average Bonchev–Trinajstić information content (AvgIpc) is 3.53. The molecular weight excluding hydrogens is 667 g/mol. The second kappa shape index (κ2) is 18.2. The smallest absolute Gasteiger partial charge is 0.339 e. The van der Waals surface area contributed by atoms with E-state index >= 15 is 4.39 Å². The van der Waals surface area contributed by atoms with Gasteiger partial charge in [-0.1, -0.05) is 97.1 Å². The highest BCUT2D eigenvalue weighted by Gasteiger charge is 2.43. The van der Waals surface area contributed by atoms with Crippen molar-refractivity contribution in [3.63, 3.8) is 0 Å². The average molecular weight is 709 g/mol. The van der Waals surface area contributed by atoms with E-state index in [4.69, 9.17) is 0 Å². The van der Waals surface area contributed by atoms with Crippen LogP contribution in [0.1, 0.15) is 35.1 Å². The lowest BCUT2D eigenvalue weighted by molar-refractivity contribution is -0.138. The van der Waals surface area contributed by atoms with Gasteiger partial charge in [-0.2, -0.15) is 0 Å². The summed E-state index contributed by atoms with van der Waals surface area (Å²) < 4.78 is 15.1. The van der Waals surface area contributed by atoms with Crippen molar-refractivity contribution < 1.29 is 33.5 Å². The zero-order valence-electron chi connectivity index (χ0n) is 28.4. The van der Waals surface area contributed by atoms with Gasteiger partial charge < -0.3 is 20.6 Å². The number of benzene rings is 3. The molecule has 0 bridgehead atoms. The maximum atomic E-state index is 15.1. The van der Waals surface area contributed by atoms with E-state index in [-0.39, 0.29) is 38.6 Å². The molecule has 1 aromatic heterocycles. The Hall–Kier alpha value is -6.11. The highest BCUT2D eigenvalue weighted by molar-refractivity contribution is 5.93. The normalized spacial score (nSPS) is 16.3. The predicted molar refractivity (Wildman–Crippen MR) is 190 cm³/mol. The van der Waals surface area contributed by atoms with Crippen LogP contribution in [0.25, 0.3) is 0 Å². The number of aromatic nitrogens is 1. The van der Waals surface area contributed by atoms with Gasteiger partial charge in [0.1, 0.15) is 18.3 Å². The van der Waals surface area contributed by atoms with Gasteiger partial charge in [0, 0.05) is 31.3 Å². The summed E-state index contributed by atoms with van der Waals surface area (Å²) in [5.41, 5.74) is 5.48. The topological polar surface area (TPSA) is 161 Å². The van der Waals surface area contributed by atoms with E-state index in [9.17, 15) is 29.1 Å². The van der Waals surface area contributed by atoms with E-state index in [1.807, 2.05) is 42.5 Å². The van der Waals surface area contributed by atoms with Crippen molar-refractivity contribution in [2.45, 2.75) is 62.9 Å². The molecule has 1 saturated heterocycles. The van der Waals surface area contributed by atoms with Crippen molar-refractivity contribution in [1.29, 1.82) is 0 Å². The molecule has 13 heteroatoms. The number of aliphatic carboxylic acids is 1. The number of halogens is 1. The van der Waals surface area contributed by atoms with E-state index in [2.05, 4.69) is 21.0 Å². The summed E-state index contributed by atoms with van der Waals surface area (Å²) in [5.74, 6) is -3.01. The number of amides is 5. The Bertz CT molecular complexity index is 1800. The number of pyridine rings is 1. The number of hydrogen-bond acceptors (Lipinski definition) is 6. The number of carboxylic acids is 1. The number of rotatable bonds is 14. The molecule has 0 spiro atoms. The van der Waals surface area contributed by atoms with Crippen LogP contribution in [0.5, 0.6) is 0 Å². The minimum absolute atomic E-state index is 0.00800. The second-order valence-electron chi connectivity index (χ2n) is 12.7. The summed E-state index contributed by atoms with van der Waals surface area (Å²) in [6, 6.07) is 26.2. The fourth-order valence-electron chi connectivity index (χ4n) is 6.11. The first-order valence-electron chi connectivity index (χ1n) is 17.0. The van der Waals surface area contributed by atoms with E-state index in [0.717, 1.165) is 21.0 Å². The molecular formula is C39H41FN6O6. The lowest BCUT2D eigenvalue weighted by atomic mass is 10.0. The zero-order chi connectivity index (χ0) is 36.9. The Balaban J connectivity index is 1.35. The molecule has 4 atom stereocenters. The number of alkyl halides is 1. The Kier molecular flexibility index (Phi) is 13.0. The lowest BCUT2D eigenvalue weighted by Gasteiger charge is -2.32. The van der Waals surface area contributed by atoms with Crippen LogP contribution in [-0.2, 0) is 45.0 Å². The summed E-state index contributed by atoms with van der Waals surface area (Å²) in [4.78, 5) is 71.8. The largest absolute Gasteiger partial charge is 0.481 e. The third-order valence-electron chi connectivity index (χ3n) is 8.57. The number of nitrogens with one attached hydrogen (secondary N) is 3. The molecule has 2 heterocycles. The Labute approximate surface area is 301 Å². The molecule has 4 N–H and O–H groups in total. The number of carbonyl (C=O) groups is 5. The maximum absolute atomic E-state index is 15.1. The number of carboxylic acid groups (broad SMARTS) is 1. The number of nitrogens with zero attached hydrogens (tertiary/aromatic N) is 3. The van der Waals surface area contributed by atoms with E-state index in [1.54, 1.807) is 66.9 Å². The van der Waals surface area contributed by atoms with Gasteiger partial charge in [0.25, 0.3) is 0 Å². The number of hydrazine groups is 1. The highest BCUT2D eigenvalue weighted by atomic mass is 19.1. The summed E-state index contributed by atoms with van der Waals surface area (Å²) in [6.07, 6.45) is 1.06. The lowest BCUT2D eigenvalue weighted by Crippen LogP contribution is -2.58. The van der Waals surface area contributed by atoms with Crippen molar-refractivity contribution in [3.05, 3.63) is 138 Å². The third-order valence-corrected chi connectivity index (χ3v) is 8.57. The highest BCUT2D eigenvalue weighted by Crippen LogP contribution is 2.23. The van der Waals surface area contributed by atoms with Crippen molar-refractivity contribution in [1.82, 2.24) is 31.0 Å². The maximum Gasteiger partial charge on any atom is 0.339 e. The molecule has 0 radical (unpaired) electrons. The zero-order valence-corrected chi connectivity index (χ0v) is 28.4. The van der Waals surface area contributed by atoms with Gasteiger partial charge in [0.15, 0.2) is 0 Å². The number of likely N-dealkylation sites (tertiary alicyclic amines) is 1. The first-order valence-corrected chi connectivity index (χ1v) is 17.0. The van der Waals surface area contributed by atoms with E-state index in [1.165, 1.54) is 6.20 Å². The van der Waals surface area contributed by atoms with Crippen LogP contribution in [-0.4, -0.2) is 80.6 Å². The molecule has 12 nitrogen and oxygen atoms in total. The molecule has 1 fully saturated rings. The van der Waals surface area contributed by atoms with Gasteiger partial charge in [0.2, 0.25) is 17.7 Å². The van der Waals surface area contributed by atoms with E-state index in [0.29, 0.717) is 11.1 Å². The Morgan fingerprint density at radius 3 is 2.04 bits per heavy atom. The summed E-state index contributed by atoms with van der Waals surface area (Å²) in [5, 5.41) is 16.1. The number of urea groups is 1. The summed E-state index contributed by atoms with van der Waals surface area (Å²) in [7, 11) is 0. The minimum atomic E-state index is -1.55. The van der Waals surface area contributed by atoms with Gasteiger partial charge in [0.05, 0.1) is 25.9 Å².